The predicted octanol–water partition coefficient (Wildman–Crippen LogP) is 6.58. The number of carbonyl (C=O) groups is 1. The van der Waals surface area contributed by atoms with Crippen molar-refractivity contribution in [1.29, 1.82) is 0 Å². The first-order chi connectivity index (χ1) is 20.3. The molecule has 8 nitrogen and oxygen atoms in total. The number of pyridine rings is 1. The van der Waals surface area contributed by atoms with Crippen molar-refractivity contribution in [3.8, 4) is 17.1 Å². The van der Waals surface area contributed by atoms with Crippen LogP contribution in [0.3, 0.4) is 0 Å². The van der Waals surface area contributed by atoms with Crippen LogP contribution >= 0.6 is 0 Å². The van der Waals surface area contributed by atoms with Crippen LogP contribution in [0.5, 0.6) is 5.88 Å². The van der Waals surface area contributed by atoms with Crippen LogP contribution < -0.4 is 4.74 Å². The van der Waals surface area contributed by atoms with Gasteiger partial charge in [0.25, 0.3) is 0 Å². The number of aromatic carboxylic acids is 1. The van der Waals surface area contributed by atoms with Gasteiger partial charge in [-0.2, -0.15) is 0 Å². The molecule has 2 heterocycles. The molecule has 0 radical (unpaired) electrons. The molecular formula is C31H23F3N4O4. The zero-order chi connectivity index (χ0) is 29.8. The Balaban J connectivity index is 1.39. The molecule has 1 N–H and O–H groups in total. The molecule has 42 heavy (non-hydrogen) atoms. The standard InChI is InChI=1S/C31H23F3N4O4/c1-35-21-6-4-20(24(33)16-21)17-42-29-10-8-23(32)30(37-29)22-7-3-18(13-25(22)34)14-28-36-26-9-5-19(31(39)40)15-27(26)38(28)11-12-41-2/h3-10,13,15-16H,11-12,14,17H2,2H3,(H,39,40). The number of ether oxygens (including phenoxy) is 2. The molecule has 11 heteroatoms. The Morgan fingerprint density at radius 2 is 1.81 bits per heavy atom. The lowest BCUT2D eigenvalue weighted by Gasteiger charge is -2.11. The van der Waals surface area contributed by atoms with E-state index < -0.39 is 23.4 Å². The second-order valence-corrected chi connectivity index (χ2v) is 9.33. The summed E-state index contributed by atoms with van der Waals surface area (Å²) in [5.41, 5.74) is 1.85. The summed E-state index contributed by atoms with van der Waals surface area (Å²) >= 11 is 0. The summed E-state index contributed by atoms with van der Waals surface area (Å²) in [6.07, 6.45) is 0.217. The molecule has 212 valence electrons. The first-order valence-electron chi connectivity index (χ1n) is 12.7. The van der Waals surface area contributed by atoms with E-state index in [-0.39, 0.29) is 47.0 Å². The topological polar surface area (TPSA) is 90.8 Å². The number of imidazole rings is 1. The summed E-state index contributed by atoms with van der Waals surface area (Å²) in [7, 11) is 1.55. The van der Waals surface area contributed by atoms with Gasteiger partial charge in [-0.3, -0.25) is 0 Å². The van der Waals surface area contributed by atoms with Crippen molar-refractivity contribution in [1.82, 2.24) is 14.5 Å². The Morgan fingerprint density at radius 1 is 0.976 bits per heavy atom. The molecule has 0 amide bonds. The molecule has 0 saturated heterocycles. The van der Waals surface area contributed by atoms with E-state index in [2.05, 4.69) is 14.8 Å². The van der Waals surface area contributed by atoms with E-state index in [1.54, 1.807) is 19.2 Å². The maximum Gasteiger partial charge on any atom is 0.335 e. The van der Waals surface area contributed by atoms with E-state index in [1.165, 1.54) is 42.5 Å². The third-order valence-corrected chi connectivity index (χ3v) is 6.61. The summed E-state index contributed by atoms with van der Waals surface area (Å²) in [4.78, 5) is 23.4. The van der Waals surface area contributed by atoms with E-state index in [0.717, 1.165) is 12.1 Å². The highest BCUT2D eigenvalue weighted by atomic mass is 19.1. The fraction of sp³-hybridized carbons (Fsp3) is 0.161. The van der Waals surface area contributed by atoms with Gasteiger partial charge in [-0.1, -0.05) is 18.2 Å². The third-order valence-electron chi connectivity index (χ3n) is 6.61. The molecule has 3 aromatic carbocycles. The number of hydrogen-bond donors (Lipinski definition) is 1. The van der Waals surface area contributed by atoms with Crippen molar-refractivity contribution in [2.24, 2.45) is 0 Å². The van der Waals surface area contributed by atoms with Crippen LogP contribution in [-0.2, 0) is 24.3 Å². The Kier molecular flexibility index (Phi) is 8.17. The number of methoxy groups -OCH3 is 1. The number of fused-ring (bicyclic) bond motifs is 1. The fourth-order valence-electron chi connectivity index (χ4n) is 4.48. The van der Waals surface area contributed by atoms with Crippen LogP contribution in [-0.4, -0.2) is 39.3 Å². The maximum atomic E-state index is 15.3. The monoisotopic (exact) mass is 572 g/mol. The molecule has 0 bridgehead atoms. The zero-order valence-corrected chi connectivity index (χ0v) is 22.3. The van der Waals surface area contributed by atoms with Crippen molar-refractivity contribution in [3.63, 3.8) is 0 Å². The van der Waals surface area contributed by atoms with Crippen molar-refractivity contribution in [3.05, 3.63) is 118 Å². The molecule has 0 saturated carbocycles. The van der Waals surface area contributed by atoms with Crippen LogP contribution in [0.1, 0.15) is 27.3 Å². The molecule has 0 aliphatic carbocycles. The van der Waals surface area contributed by atoms with Crippen LogP contribution in [0, 0.1) is 24.0 Å². The highest BCUT2D eigenvalue weighted by Gasteiger charge is 2.18. The average Bonchev–Trinajstić information content (AvgIpc) is 3.32. The number of carboxylic acid groups (broad SMARTS) is 1. The summed E-state index contributed by atoms with van der Waals surface area (Å²) in [5, 5.41) is 9.39. The molecule has 2 aromatic heterocycles. The van der Waals surface area contributed by atoms with Crippen molar-refractivity contribution in [2.75, 3.05) is 13.7 Å². The quantitative estimate of drug-likeness (QED) is 0.190. The molecule has 5 aromatic rings. The number of halogens is 3. The van der Waals surface area contributed by atoms with Crippen LogP contribution in [0.15, 0.2) is 66.7 Å². The summed E-state index contributed by atoms with van der Waals surface area (Å²) in [6.45, 7) is 7.50. The SMILES string of the molecule is [C-]#[N+]c1ccc(COc2ccc(F)c(-c3ccc(Cc4nc5ccc(C(=O)O)cc5n4CCOC)cc3F)n2)c(F)c1. The van der Waals surface area contributed by atoms with Crippen molar-refractivity contribution in [2.45, 2.75) is 19.6 Å². The summed E-state index contributed by atoms with van der Waals surface area (Å²) < 4.78 is 56.8. The van der Waals surface area contributed by atoms with E-state index >= 15 is 4.39 Å². The minimum Gasteiger partial charge on any atom is -0.478 e. The first-order valence-corrected chi connectivity index (χ1v) is 12.7. The van der Waals surface area contributed by atoms with E-state index in [1.807, 2.05) is 4.57 Å². The van der Waals surface area contributed by atoms with Gasteiger partial charge in [0.1, 0.15) is 35.6 Å². The van der Waals surface area contributed by atoms with E-state index in [9.17, 15) is 18.7 Å². The molecule has 0 unspecified atom stereocenters. The molecule has 0 aliphatic heterocycles. The van der Waals surface area contributed by atoms with Gasteiger partial charge in [0.15, 0.2) is 5.69 Å². The van der Waals surface area contributed by atoms with Gasteiger partial charge in [0, 0.05) is 37.3 Å². The highest BCUT2D eigenvalue weighted by molar-refractivity contribution is 5.92. The second-order valence-electron chi connectivity index (χ2n) is 9.33. The van der Waals surface area contributed by atoms with E-state index in [0.29, 0.717) is 35.6 Å². The number of carboxylic acids is 1. The molecular weight excluding hydrogens is 549 g/mol. The third kappa shape index (κ3) is 5.94. The molecule has 0 atom stereocenters. The van der Waals surface area contributed by atoms with Crippen LogP contribution in [0.2, 0.25) is 0 Å². The highest BCUT2D eigenvalue weighted by Crippen LogP contribution is 2.29. The normalized spacial score (nSPS) is 11.0. The average molecular weight is 573 g/mol. The number of aromatic nitrogens is 3. The summed E-state index contributed by atoms with van der Waals surface area (Å²) in [6, 6.07) is 15.2. The second kappa shape index (κ2) is 12.1. The van der Waals surface area contributed by atoms with Gasteiger partial charge in [0.2, 0.25) is 5.88 Å². The smallest absolute Gasteiger partial charge is 0.335 e. The Hall–Kier alpha value is -5.21. The van der Waals surface area contributed by atoms with Gasteiger partial charge in [0.05, 0.1) is 29.8 Å². The number of benzene rings is 3. The van der Waals surface area contributed by atoms with E-state index in [4.69, 9.17) is 16.0 Å². The van der Waals surface area contributed by atoms with Gasteiger partial charge < -0.3 is 19.1 Å². The molecule has 5 rings (SSSR count). The number of nitrogens with zero attached hydrogens (tertiary/aromatic N) is 4. The predicted molar refractivity (Wildman–Crippen MR) is 148 cm³/mol. The minimum atomic E-state index is -1.06. The molecule has 0 aliphatic rings. The maximum absolute atomic E-state index is 15.3. The van der Waals surface area contributed by atoms with Gasteiger partial charge in [-0.25, -0.2) is 32.8 Å². The first kappa shape index (κ1) is 28.3. The summed E-state index contributed by atoms with van der Waals surface area (Å²) in [5.74, 6) is -2.62. The van der Waals surface area contributed by atoms with Crippen molar-refractivity contribution < 1.29 is 32.5 Å². The van der Waals surface area contributed by atoms with Gasteiger partial charge >= 0.3 is 5.97 Å². The molecule has 0 fully saturated rings. The van der Waals surface area contributed by atoms with Crippen LogP contribution in [0.4, 0.5) is 18.9 Å². The Bertz CT molecular complexity index is 1850. The Morgan fingerprint density at radius 3 is 2.52 bits per heavy atom. The minimum absolute atomic E-state index is 0.0314. The number of hydrogen-bond acceptors (Lipinski definition) is 5. The lowest BCUT2D eigenvalue weighted by molar-refractivity contribution is 0.0697. The largest absolute Gasteiger partial charge is 0.478 e. The lowest BCUT2D eigenvalue weighted by Crippen LogP contribution is -2.09. The number of rotatable bonds is 10. The fourth-order valence-corrected chi connectivity index (χ4v) is 4.48. The lowest BCUT2D eigenvalue weighted by atomic mass is 10.0. The zero-order valence-electron chi connectivity index (χ0n) is 22.3. The van der Waals surface area contributed by atoms with Gasteiger partial charge in [-0.15, -0.1) is 0 Å². The van der Waals surface area contributed by atoms with Crippen molar-refractivity contribution >= 4 is 22.7 Å². The molecule has 0 spiro atoms. The van der Waals surface area contributed by atoms with Crippen LogP contribution in [0.25, 0.3) is 27.1 Å². The Labute approximate surface area is 238 Å². The van der Waals surface area contributed by atoms with Gasteiger partial charge in [-0.05, 0) is 48.0 Å².